The monoisotopic (exact) mass is 227 g/mol. The minimum absolute atomic E-state index is 0.233. The molecule has 0 N–H and O–H groups in total. The van der Waals surface area contributed by atoms with Gasteiger partial charge in [0, 0.05) is 26.4 Å². The molecular weight excluding hydrogens is 206 g/mol. The summed E-state index contributed by atoms with van der Waals surface area (Å²) < 4.78 is 9.71. The van der Waals surface area contributed by atoms with E-state index in [4.69, 9.17) is 16.0 Å². The molecule has 0 heterocycles. The lowest BCUT2D eigenvalue weighted by molar-refractivity contribution is -0.145. The summed E-state index contributed by atoms with van der Waals surface area (Å²) in [5.74, 6) is -0.0237. The Bertz CT molecular complexity index is 257. The van der Waals surface area contributed by atoms with Crippen molar-refractivity contribution in [2.75, 3.05) is 20.3 Å². The largest absolute Gasteiger partial charge is 0.463 e. The van der Waals surface area contributed by atoms with E-state index in [1.54, 1.807) is 7.11 Å². The Hall–Kier alpha value is -1.08. The summed E-state index contributed by atoms with van der Waals surface area (Å²) in [5.41, 5.74) is -0.472. The Labute approximate surface area is 97.7 Å². The Kier molecular flexibility index (Phi) is 6.75. The van der Waals surface area contributed by atoms with Crippen LogP contribution in [0.15, 0.2) is 0 Å². The Morgan fingerprint density at radius 2 is 2.06 bits per heavy atom. The normalized spacial score (nSPS) is 14.2. The summed E-state index contributed by atoms with van der Waals surface area (Å²) in [7, 11) is 1.56. The van der Waals surface area contributed by atoms with Crippen LogP contribution in [0, 0.1) is 12.5 Å². The number of nitrogens with zero attached hydrogens (tertiary/aromatic N) is 1. The van der Waals surface area contributed by atoms with Crippen LogP contribution in [0.1, 0.15) is 33.6 Å². The molecule has 0 aromatic heterocycles. The smallest absolute Gasteiger partial charge is 0.306 e. The number of hydrogen-bond donors (Lipinski definition) is 0. The van der Waals surface area contributed by atoms with Crippen molar-refractivity contribution in [3.8, 4) is 0 Å². The highest BCUT2D eigenvalue weighted by atomic mass is 16.6. The highest BCUT2D eigenvalue weighted by Gasteiger charge is 2.34. The van der Waals surface area contributed by atoms with Gasteiger partial charge in [-0.2, -0.15) is 0 Å². The molecule has 0 aliphatic heterocycles. The average molecular weight is 227 g/mol. The van der Waals surface area contributed by atoms with Gasteiger partial charge in [0.2, 0.25) is 5.54 Å². The number of rotatable bonds is 7. The topological polar surface area (TPSA) is 39.9 Å². The molecular formula is C12H21NO3. The van der Waals surface area contributed by atoms with E-state index in [0.29, 0.717) is 19.4 Å². The molecule has 0 radical (unpaired) electrons. The molecule has 4 heteroatoms. The molecule has 92 valence electrons. The van der Waals surface area contributed by atoms with Crippen molar-refractivity contribution in [1.29, 1.82) is 0 Å². The van der Waals surface area contributed by atoms with Gasteiger partial charge in [-0.25, -0.2) is 6.57 Å². The van der Waals surface area contributed by atoms with E-state index in [0.717, 1.165) is 0 Å². The number of carbonyl (C=O) groups is 1. The third kappa shape index (κ3) is 5.13. The van der Waals surface area contributed by atoms with Gasteiger partial charge in [0.1, 0.15) is 6.61 Å². The van der Waals surface area contributed by atoms with E-state index in [1.807, 2.05) is 20.8 Å². The second-order valence-electron chi connectivity index (χ2n) is 4.34. The predicted molar refractivity (Wildman–Crippen MR) is 61.9 cm³/mol. The first-order chi connectivity index (χ1) is 7.46. The van der Waals surface area contributed by atoms with Crippen molar-refractivity contribution in [2.45, 2.75) is 39.2 Å². The molecule has 1 unspecified atom stereocenters. The highest BCUT2D eigenvalue weighted by molar-refractivity contribution is 5.69. The molecule has 0 bridgehead atoms. The van der Waals surface area contributed by atoms with Crippen LogP contribution in [0.5, 0.6) is 0 Å². The molecule has 0 amide bonds. The van der Waals surface area contributed by atoms with E-state index in [-0.39, 0.29) is 18.5 Å². The summed E-state index contributed by atoms with van der Waals surface area (Å²) in [6.45, 7) is 13.7. The summed E-state index contributed by atoms with van der Waals surface area (Å²) in [4.78, 5) is 14.9. The Morgan fingerprint density at radius 3 is 2.50 bits per heavy atom. The fourth-order valence-electron chi connectivity index (χ4n) is 1.14. The van der Waals surface area contributed by atoms with Crippen molar-refractivity contribution in [3.05, 3.63) is 11.4 Å². The van der Waals surface area contributed by atoms with Crippen LogP contribution in [-0.4, -0.2) is 31.8 Å². The van der Waals surface area contributed by atoms with E-state index in [1.165, 1.54) is 0 Å². The number of ether oxygens (including phenoxy) is 2. The van der Waals surface area contributed by atoms with Crippen molar-refractivity contribution >= 4 is 5.97 Å². The third-order valence-electron chi connectivity index (χ3n) is 2.88. The lowest BCUT2D eigenvalue weighted by Gasteiger charge is -2.20. The van der Waals surface area contributed by atoms with Gasteiger partial charge >= 0.3 is 5.97 Å². The predicted octanol–water partition coefficient (Wildman–Crippen LogP) is 2.29. The Balaban J connectivity index is 3.95. The van der Waals surface area contributed by atoms with Crippen LogP contribution in [0.25, 0.3) is 4.85 Å². The number of esters is 1. The van der Waals surface area contributed by atoms with Gasteiger partial charge in [0.25, 0.3) is 0 Å². The third-order valence-corrected chi connectivity index (χ3v) is 2.88. The molecule has 0 aliphatic rings. The highest BCUT2D eigenvalue weighted by Crippen LogP contribution is 2.27. The SMILES string of the molecule is [C-]#[N+]C(C)(CCC(=O)OCCOC)C(C)C. The van der Waals surface area contributed by atoms with Gasteiger partial charge in [-0.3, -0.25) is 4.79 Å². The summed E-state index contributed by atoms with van der Waals surface area (Å²) in [6.07, 6.45) is 0.834. The van der Waals surface area contributed by atoms with Crippen LogP contribution < -0.4 is 0 Å². The van der Waals surface area contributed by atoms with Gasteiger partial charge in [0.05, 0.1) is 13.0 Å². The average Bonchev–Trinajstić information content (AvgIpc) is 2.26. The maximum Gasteiger partial charge on any atom is 0.306 e. The van der Waals surface area contributed by atoms with E-state index in [9.17, 15) is 4.79 Å². The van der Waals surface area contributed by atoms with E-state index in [2.05, 4.69) is 4.85 Å². The molecule has 1 atom stereocenters. The quantitative estimate of drug-likeness (QED) is 0.380. The zero-order valence-corrected chi connectivity index (χ0v) is 10.6. The Morgan fingerprint density at radius 1 is 1.44 bits per heavy atom. The number of hydrogen-bond acceptors (Lipinski definition) is 3. The number of carbonyl (C=O) groups excluding carboxylic acids is 1. The molecule has 0 aromatic carbocycles. The van der Waals surface area contributed by atoms with E-state index >= 15 is 0 Å². The lowest BCUT2D eigenvalue weighted by atomic mass is 9.85. The fourth-order valence-corrected chi connectivity index (χ4v) is 1.14. The second-order valence-corrected chi connectivity index (χ2v) is 4.34. The molecule has 16 heavy (non-hydrogen) atoms. The summed E-state index contributed by atoms with van der Waals surface area (Å²) >= 11 is 0. The maximum atomic E-state index is 11.3. The van der Waals surface area contributed by atoms with E-state index < -0.39 is 5.54 Å². The van der Waals surface area contributed by atoms with Crippen molar-refractivity contribution in [1.82, 2.24) is 0 Å². The minimum Gasteiger partial charge on any atom is -0.463 e. The van der Waals surface area contributed by atoms with Gasteiger partial charge in [-0.15, -0.1) is 0 Å². The van der Waals surface area contributed by atoms with Crippen LogP contribution in [0.2, 0.25) is 0 Å². The molecule has 0 fully saturated rings. The maximum absolute atomic E-state index is 11.3. The van der Waals surface area contributed by atoms with Crippen LogP contribution in [-0.2, 0) is 14.3 Å². The van der Waals surface area contributed by atoms with Crippen molar-refractivity contribution < 1.29 is 14.3 Å². The number of methoxy groups -OCH3 is 1. The minimum atomic E-state index is -0.472. The molecule has 0 spiro atoms. The van der Waals surface area contributed by atoms with Gasteiger partial charge < -0.3 is 14.3 Å². The first kappa shape index (κ1) is 14.9. The van der Waals surface area contributed by atoms with Crippen molar-refractivity contribution in [3.63, 3.8) is 0 Å². The zero-order chi connectivity index (χ0) is 12.6. The lowest BCUT2D eigenvalue weighted by Crippen LogP contribution is -2.28. The first-order valence-electron chi connectivity index (χ1n) is 5.49. The second kappa shape index (κ2) is 7.24. The van der Waals surface area contributed by atoms with Crippen LogP contribution in [0.3, 0.4) is 0 Å². The van der Waals surface area contributed by atoms with Gasteiger partial charge in [0.15, 0.2) is 0 Å². The molecule has 0 aliphatic carbocycles. The summed E-state index contributed by atoms with van der Waals surface area (Å²) in [5, 5.41) is 0. The standard InChI is InChI=1S/C12H21NO3/c1-10(2)12(3,13-4)7-6-11(14)16-9-8-15-5/h10H,6-9H2,1-3,5H3. The molecule has 0 aromatic rings. The molecule has 0 saturated carbocycles. The first-order valence-corrected chi connectivity index (χ1v) is 5.49. The van der Waals surface area contributed by atoms with Crippen LogP contribution in [0.4, 0.5) is 0 Å². The molecule has 0 rings (SSSR count). The van der Waals surface area contributed by atoms with Gasteiger partial charge in [-0.1, -0.05) is 13.8 Å². The summed E-state index contributed by atoms with van der Waals surface area (Å²) in [6, 6.07) is 0. The van der Waals surface area contributed by atoms with Crippen LogP contribution >= 0.6 is 0 Å². The zero-order valence-electron chi connectivity index (χ0n) is 10.6. The van der Waals surface area contributed by atoms with Crippen molar-refractivity contribution in [2.24, 2.45) is 5.92 Å². The molecule has 4 nitrogen and oxygen atoms in total. The fraction of sp³-hybridized carbons (Fsp3) is 0.833. The van der Waals surface area contributed by atoms with Gasteiger partial charge in [-0.05, 0) is 0 Å². The molecule has 0 saturated heterocycles.